The van der Waals surface area contributed by atoms with Gasteiger partial charge in [0.2, 0.25) is 11.8 Å². The highest BCUT2D eigenvalue weighted by molar-refractivity contribution is 5.91. The van der Waals surface area contributed by atoms with E-state index in [9.17, 15) is 4.79 Å². The fourth-order valence-electron chi connectivity index (χ4n) is 0.984. The minimum Gasteiger partial charge on any atom is -0.476 e. The van der Waals surface area contributed by atoms with E-state index in [1.165, 1.54) is 11.8 Å². The highest BCUT2D eigenvalue weighted by Crippen LogP contribution is 2.23. The number of ether oxygens (including phenoxy) is 1. The van der Waals surface area contributed by atoms with E-state index in [1.54, 1.807) is 19.3 Å². The summed E-state index contributed by atoms with van der Waals surface area (Å²) >= 11 is 0. The predicted molar refractivity (Wildman–Crippen MR) is 53.3 cm³/mol. The van der Waals surface area contributed by atoms with Crippen LogP contribution in [0, 0.1) is 6.07 Å². The number of amides is 1. The van der Waals surface area contributed by atoms with Gasteiger partial charge in [0.25, 0.3) is 0 Å². The Bertz CT molecular complexity index is 326. The Kier molecular flexibility index (Phi) is 3.45. The number of aromatic nitrogens is 1. The second-order valence-electron chi connectivity index (χ2n) is 2.75. The van der Waals surface area contributed by atoms with E-state index in [0.29, 0.717) is 18.2 Å². The van der Waals surface area contributed by atoms with E-state index < -0.39 is 0 Å². The van der Waals surface area contributed by atoms with Gasteiger partial charge in [-0.05, 0) is 13.0 Å². The number of pyridine rings is 1. The summed E-state index contributed by atoms with van der Waals surface area (Å²) in [6.07, 6.45) is 1.59. The van der Waals surface area contributed by atoms with E-state index in [4.69, 9.17) is 4.74 Å². The first-order valence-electron chi connectivity index (χ1n) is 4.40. The van der Waals surface area contributed by atoms with E-state index in [2.05, 4.69) is 11.1 Å². The van der Waals surface area contributed by atoms with Crippen LogP contribution in [0.3, 0.4) is 0 Å². The molecule has 0 saturated heterocycles. The summed E-state index contributed by atoms with van der Waals surface area (Å²) in [7, 11) is 1.67. The van der Waals surface area contributed by atoms with Crippen molar-refractivity contribution in [2.24, 2.45) is 0 Å². The van der Waals surface area contributed by atoms with Gasteiger partial charge in [0, 0.05) is 26.2 Å². The Morgan fingerprint density at radius 2 is 2.43 bits per heavy atom. The van der Waals surface area contributed by atoms with Crippen molar-refractivity contribution < 1.29 is 9.53 Å². The van der Waals surface area contributed by atoms with E-state index in [0.717, 1.165) is 0 Å². The Morgan fingerprint density at radius 1 is 1.71 bits per heavy atom. The lowest BCUT2D eigenvalue weighted by atomic mass is 10.3. The molecule has 1 aromatic heterocycles. The zero-order valence-electron chi connectivity index (χ0n) is 8.57. The number of hydrogen-bond donors (Lipinski definition) is 0. The monoisotopic (exact) mass is 193 g/mol. The largest absolute Gasteiger partial charge is 0.476 e. The molecule has 0 fully saturated rings. The third-order valence-corrected chi connectivity index (χ3v) is 1.78. The van der Waals surface area contributed by atoms with Gasteiger partial charge in [-0.1, -0.05) is 0 Å². The molecule has 0 unspecified atom stereocenters. The van der Waals surface area contributed by atoms with Crippen molar-refractivity contribution >= 4 is 11.6 Å². The molecule has 75 valence electrons. The number of rotatable bonds is 3. The van der Waals surface area contributed by atoms with Crippen molar-refractivity contribution in [3.8, 4) is 5.88 Å². The number of carbonyl (C=O) groups is 1. The molecule has 0 bridgehead atoms. The number of hydrogen-bond acceptors (Lipinski definition) is 3. The van der Waals surface area contributed by atoms with Crippen LogP contribution in [0.15, 0.2) is 12.3 Å². The smallest absolute Gasteiger partial charge is 0.238 e. The fourth-order valence-corrected chi connectivity index (χ4v) is 0.984. The number of anilines is 1. The molecule has 1 heterocycles. The van der Waals surface area contributed by atoms with Crippen molar-refractivity contribution in [2.45, 2.75) is 13.8 Å². The van der Waals surface area contributed by atoms with Gasteiger partial charge in [0.05, 0.1) is 6.61 Å². The molecule has 4 nitrogen and oxygen atoms in total. The zero-order valence-corrected chi connectivity index (χ0v) is 8.57. The molecule has 0 aliphatic heterocycles. The Labute approximate surface area is 83.5 Å². The minimum absolute atomic E-state index is 0.0739. The van der Waals surface area contributed by atoms with Gasteiger partial charge >= 0.3 is 0 Å². The van der Waals surface area contributed by atoms with Gasteiger partial charge in [-0.2, -0.15) is 0 Å². The molecule has 1 rings (SSSR count). The van der Waals surface area contributed by atoms with Crippen LogP contribution in [-0.2, 0) is 4.79 Å². The lowest BCUT2D eigenvalue weighted by Gasteiger charge is -2.16. The molecular weight excluding hydrogens is 180 g/mol. The quantitative estimate of drug-likeness (QED) is 0.725. The maximum Gasteiger partial charge on any atom is 0.238 e. The topological polar surface area (TPSA) is 42.4 Å². The van der Waals surface area contributed by atoms with Crippen molar-refractivity contribution in [3.63, 3.8) is 0 Å². The molecule has 1 aromatic rings. The third kappa shape index (κ3) is 2.22. The summed E-state index contributed by atoms with van der Waals surface area (Å²) in [5.41, 5.74) is 0.571. The molecule has 0 spiro atoms. The zero-order chi connectivity index (χ0) is 10.6. The van der Waals surface area contributed by atoms with Gasteiger partial charge in [0.1, 0.15) is 5.69 Å². The summed E-state index contributed by atoms with van der Waals surface area (Å²) in [4.78, 5) is 16.6. The summed E-state index contributed by atoms with van der Waals surface area (Å²) in [6, 6.07) is 4.57. The third-order valence-electron chi connectivity index (χ3n) is 1.78. The molecule has 1 amide bonds. The predicted octanol–water partition coefficient (Wildman–Crippen LogP) is 1.26. The highest BCUT2D eigenvalue weighted by atomic mass is 16.5. The van der Waals surface area contributed by atoms with Crippen molar-refractivity contribution in [2.75, 3.05) is 18.6 Å². The molecule has 0 aromatic carbocycles. The second kappa shape index (κ2) is 4.60. The molecule has 1 radical (unpaired) electrons. The van der Waals surface area contributed by atoms with Gasteiger partial charge in [0.15, 0.2) is 0 Å². The maximum atomic E-state index is 11.1. The van der Waals surface area contributed by atoms with E-state index in [1.807, 2.05) is 6.92 Å². The van der Waals surface area contributed by atoms with Crippen LogP contribution in [-0.4, -0.2) is 24.5 Å². The van der Waals surface area contributed by atoms with Crippen LogP contribution >= 0.6 is 0 Å². The van der Waals surface area contributed by atoms with Crippen LogP contribution in [0.1, 0.15) is 13.8 Å². The molecule has 0 atom stereocenters. The molecular formula is C10H13N2O2. The van der Waals surface area contributed by atoms with Crippen LogP contribution in [0.5, 0.6) is 5.88 Å². The van der Waals surface area contributed by atoms with Gasteiger partial charge in [-0.25, -0.2) is 4.98 Å². The van der Waals surface area contributed by atoms with Crippen molar-refractivity contribution in [1.82, 2.24) is 4.98 Å². The first-order valence-corrected chi connectivity index (χ1v) is 4.40. The second-order valence-corrected chi connectivity index (χ2v) is 2.75. The Hall–Kier alpha value is -1.58. The number of carbonyl (C=O) groups excluding carboxylic acids is 1. The molecule has 0 N–H and O–H groups in total. The molecule has 14 heavy (non-hydrogen) atoms. The van der Waals surface area contributed by atoms with Crippen LogP contribution in [0.2, 0.25) is 0 Å². The molecule has 4 heteroatoms. The highest BCUT2D eigenvalue weighted by Gasteiger charge is 2.12. The van der Waals surface area contributed by atoms with Crippen LogP contribution < -0.4 is 9.64 Å². The average Bonchev–Trinajstić information content (AvgIpc) is 2.18. The summed E-state index contributed by atoms with van der Waals surface area (Å²) in [6.45, 7) is 3.87. The van der Waals surface area contributed by atoms with Gasteiger partial charge in [-0.3, -0.25) is 4.79 Å². The van der Waals surface area contributed by atoms with Crippen molar-refractivity contribution in [1.29, 1.82) is 0 Å². The van der Waals surface area contributed by atoms with Crippen LogP contribution in [0.4, 0.5) is 5.69 Å². The van der Waals surface area contributed by atoms with E-state index >= 15 is 0 Å². The SMILES string of the molecule is CCOc1ncc[c]c1N(C)C(C)=O. The first-order chi connectivity index (χ1) is 6.66. The Morgan fingerprint density at radius 3 is 3.00 bits per heavy atom. The lowest BCUT2D eigenvalue weighted by Crippen LogP contribution is -2.23. The minimum atomic E-state index is -0.0739. The average molecular weight is 193 g/mol. The molecule has 0 aliphatic carbocycles. The standard InChI is InChI=1S/C10H13N2O2/c1-4-14-10-9(6-5-7-11-10)12(3)8(2)13/h5,7H,4H2,1-3H3. The number of nitrogens with zero attached hydrogens (tertiary/aromatic N) is 2. The summed E-state index contributed by atoms with van der Waals surface area (Å²) in [5, 5.41) is 0. The fraction of sp³-hybridized carbons (Fsp3) is 0.400. The molecule has 0 saturated carbocycles. The maximum absolute atomic E-state index is 11.1. The summed E-state index contributed by atoms with van der Waals surface area (Å²) in [5.74, 6) is 0.364. The van der Waals surface area contributed by atoms with Crippen molar-refractivity contribution in [3.05, 3.63) is 18.3 Å². The summed E-state index contributed by atoms with van der Waals surface area (Å²) < 4.78 is 5.27. The molecule has 0 aliphatic rings. The van der Waals surface area contributed by atoms with Crippen LogP contribution in [0.25, 0.3) is 0 Å². The van der Waals surface area contributed by atoms with Gasteiger partial charge < -0.3 is 9.64 Å². The van der Waals surface area contributed by atoms with Gasteiger partial charge in [-0.15, -0.1) is 0 Å². The van der Waals surface area contributed by atoms with E-state index in [-0.39, 0.29) is 5.91 Å². The first kappa shape index (κ1) is 10.5. The lowest BCUT2D eigenvalue weighted by molar-refractivity contribution is -0.116. The Balaban J connectivity index is 3.00. The normalized spacial score (nSPS) is 9.64.